The lowest BCUT2D eigenvalue weighted by Gasteiger charge is -2.21. The molecule has 0 aliphatic rings. The number of imidazole rings is 1. The van der Waals surface area contributed by atoms with Crippen molar-refractivity contribution in [2.75, 3.05) is 6.54 Å². The van der Waals surface area contributed by atoms with Crippen LogP contribution in [0.25, 0.3) is 11.0 Å². The molecule has 0 unspecified atom stereocenters. The van der Waals surface area contributed by atoms with E-state index in [4.69, 9.17) is 0 Å². The van der Waals surface area contributed by atoms with Gasteiger partial charge in [0.1, 0.15) is 11.6 Å². The van der Waals surface area contributed by atoms with Crippen molar-refractivity contribution >= 4 is 16.9 Å². The van der Waals surface area contributed by atoms with Gasteiger partial charge in [-0.2, -0.15) is 0 Å². The van der Waals surface area contributed by atoms with Crippen molar-refractivity contribution in [3.63, 3.8) is 0 Å². The minimum atomic E-state index is -0.284. The van der Waals surface area contributed by atoms with E-state index in [2.05, 4.69) is 16.5 Å². The third-order valence-electron chi connectivity index (χ3n) is 4.01. The smallest absolute Gasteiger partial charge is 0.227 e. The molecule has 0 spiro atoms. The van der Waals surface area contributed by atoms with Gasteiger partial charge in [0.05, 0.1) is 17.5 Å². The van der Waals surface area contributed by atoms with Crippen LogP contribution in [0, 0.1) is 12.7 Å². The molecule has 0 radical (unpaired) electrons. The summed E-state index contributed by atoms with van der Waals surface area (Å²) in [6.45, 7) is 6.50. The lowest BCUT2D eigenvalue weighted by Crippen LogP contribution is -2.32. The molecule has 3 aromatic rings. The standard InChI is InChI=1S/C20H20FN3O/c1-3-10-24(13-15-4-7-17(21)8-5-15)20(25)12-16-6-9-18-19(11-16)23-14(2)22-18/h3-9,11H,1,10,12-13H2,2H3,(H,22,23). The third kappa shape index (κ3) is 4.12. The molecule has 0 aliphatic carbocycles. The number of aromatic amines is 1. The van der Waals surface area contributed by atoms with Crippen molar-refractivity contribution in [3.8, 4) is 0 Å². The van der Waals surface area contributed by atoms with Crippen molar-refractivity contribution in [2.45, 2.75) is 19.9 Å². The van der Waals surface area contributed by atoms with Crippen molar-refractivity contribution in [3.05, 3.63) is 77.9 Å². The Bertz CT molecular complexity index is 899. The first-order valence-electron chi connectivity index (χ1n) is 8.13. The van der Waals surface area contributed by atoms with E-state index in [1.165, 1.54) is 12.1 Å². The molecular formula is C20H20FN3O. The Balaban J connectivity index is 1.74. The van der Waals surface area contributed by atoms with Crippen LogP contribution in [-0.4, -0.2) is 27.3 Å². The Hall–Kier alpha value is -2.95. The molecular weight excluding hydrogens is 317 g/mol. The number of benzene rings is 2. The molecule has 0 bridgehead atoms. The Morgan fingerprint density at radius 3 is 2.68 bits per heavy atom. The summed E-state index contributed by atoms with van der Waals surface area (Å²) in [5.41, 5.74) is 3.63. The minimum absolute atomic E-state index is 0.000174. The van der Waals surface area contributed by atoms with E-state index in [1.807, 2.05) is 25.1 Å². The summed E-state index contributed by atoms with van der Waals surface area (Å²) >= 11 is 0. The summed E-state index contributed by atoms with van der Waals surface area (Å²) < 4.78 is 13.0. The molecule has 1 aromatic heterocycles. The van der Waals surface area contributed by atoms with E-state index in [1.54, 1.807) is 23.1 Å². The van der Waals surface area contributed by atoms with Gasteiger partial charge in [-0.25, -0.2) is 9.37 Å². The highest BCUT2D eigenvalue weighted by atomic mass is 19.1. The third-order valence-corrected chi connectivity index (χ3v) is 4.01. The molecule has 1 heterocycles. The molecule has 25 heavy (non-hydrogen) atoms. The van der Waals surface area contributed by atoms with Crippen LogP contribution in [0.1, 0.15) is 17.0 Å². The van der Waals surface area contributed by atoms with Gasteiger partial charge < -0.3 is 9.88 Å². The van der Waals surface area contributed by atoms with Gasteiger partial charge in [0, 0.05) is 13.1 Å². The van der Waals surface area contributed by atoms with Crippen molar-refractivity contribution in [1.29, 1.82) is 0 Å². The topological polar surface area (TPSA) is 49.0 Å². The Kier molecular flexibility index (Phi) is 4.93. The molecule has 2 aromatic carbocycles. The van der Waals surface area contributed by atoms with Crippen LogP contribution >= 0.6 is 0 Å². The van der Waals surface area contributed by atoms with E-state index in [-0.39, 0.29) is 11.7 Å². The number of carbonyl (C=O) groups is 1. The molecule has 0 fully saturated rings. The second kappa shape index (κ2) is 7.30. The predicted octanol–water partition coefficient (Wildman–Crippen LogP) is 3.77. The summed E-state index contributed by atoms with van der Waals surface area (Å²) in [6.07, 6.45) is 1.99. The fraction of sp³-hybridized carbons (Fsp3) is 0.200. The average molecular weight is 337 g/mol. The molecule has 0 aliphatic heterocycles. The highest BCUT2D eigenvalue weighted by Gasteiger charge is 2.14. The number of hydrogen-bond donors (Lipinski definition) is 1. The van der Waals surface area contributed by atoms with Crippen LogP contribution in [0.4, 0.5) is 4.39 Å². The summed E-state index contributed by atoms with van der Waals surface area (Å²) in [6, 6.07) is 12.0. The van der Waals surface area contributed by atoms with E-state index in [9.17, 15) is 9.18 Å². The molecule has 3 rings (SSSR count). The average Bonchev–Trinajstić information content (AvgIpc) is 2.95. The lowest BCUT2D eigenvalue weighted by molar-refractivity contribution is -0.130. The number of rotatable bonds is 6. The fourth-order valence-electron chi connectivity index (χ4n) is 2.80. The molecule has 4 nitrogen and oxygen atoms in total. The predicted molar refractivity (Wildman–Crippen MR) is 96.5 cm³/mol. The Morgan fingerprint density at radius 2 is 1.96 bits per heavy atom. The maximum Gasteiger partial charge on any atom is 0.227 e. The first-order chi connectivity index (χ1) is 12.0. The van der Waals surface area contributed by atoms with Gasteiger partial charge in [0.25, 0.3) is 0 Å². The largest absolute Gasteiger partial charge is 0.342 e. The Labute approximate surface area is 146 Å². The fourth-order valence-corrected chi connectivity index (χ4v) is 2.80. The number of carbonyl (C=O) groups excluding carboxylic acids is 1. The number of H-pyrrole nitrogens is 1. The summed E-state index contributed by atoms with van der Waals surface area (Å²) in [4.78, 5) is 22.0. The van der Waals surface area contributed by atoms with Crippen LogP contribution in [0.5, 0.6) is 0 Å². The highest BCUT2D eigenvalue weighted by molar-refractivity contribution is 5.82. The summed E-state index contributed by atoms with van der Waals surface area (Å²) in [5, 5.41) is 0. The maximum absolute atomic E-state index is 13.0. The molecule has 128 valence electrons. The van der Waals surface area contributed by atoms with Crippen molar-refractivity contribution in [2.24, 2.45) is 0 Å². The highest BCUT2D eigenvalue weighted by Crippen LogP contribution is 2.15. The molecule has 5 heteroatoms. The zero-order valence-corrected chi connectivity index (χ0v) is 14.1. The van der Waals surface area contributed by atoms with Crippen LogP contribution in [0.2, 0.25) is 0 Å². The zero-order valence-electron chi connectivity index (χ0n) is 14.1. The first-order valence-corrected chi connectivity index (χ1v) is 8.13. The van der Waals surface area contributed by atoms with Gasteiger partial charge in [-0.15, -0.1) is 6.58 Å². The van der Waals surface area contributed by atoms with Crippen molar-refractivity contribution < 1.29 is 9.18 Å². The number of hydrogen-bond acceptors (Lipinski definition) is 2. The monoisotopic (exact) mass is 337 g/mol. The second-order valence-corrected chi connectivity index (χ2v) is 6.04. The van der Waals surface area contributed by atoms with E-state index in [0.29, 0.717) is 19.5 Å². The number of nitrogens with zero attached hydrogens (tertiary/aromatic N) is 2. The Morgan fingerprint density at radius 1 is 1.24 bits per heavy atom. The molecule has 1 N–H and O–H groups in total. The molecule has 0 atom stereocenters. The number of nitrogens with one attached hydrogen (secondary N) is 1. The van der Waals surface area contributed by atoms with Crippen LogP contribution in [0.15, 0.2) is 55.1 Å². The zero-order chi connectivity index (χ0) is 17.8. The van der Waals surface area contributed by atoms with Gasteiger partial charge in [-0.1, -0.05) is 24.3 Å². The van der Waals surface area contributed by atoms with Gasteiger partial charge in [0.15, 0.2) is 0 Å². The number of aryl methyl sites for hydroxylation is 1. The van der Waals surface area contributed by atoms with Gasteiger partial charge >= 0.3 is 0 Å². The van der Waals surface area contributed by atoms with Gasteiger partial charge in [0.2, 0.25) is 5.91 Å². The van der Waals surface area contributed by atoms with E-state index < -0.39 is 0 Å². The number of amides is 1. The number of fused-ring (bicyclic) bond motifs is 1. The van der Waals surface area contributed by atoms with Crippen LogP contribution in [-0.2, 0) is 17.8 Å². The van der Waals surface area contributed by atoms with E-state index in [0.717, 1.165) is 28.0 Å². The van der Waals surface area contributed by atoms with E-state index >= 15 is 0 Å². The van der Waals surface area contributed by atoms with Crippen LogP contribution in [0.3, 0.4) is 0 Å². The van der Waals surface area contributed by atoms with Crippen molar-refractivity contribution in [1.82, 2.24) is 14.9 Å². The minimum Gasteiger partial charge on any atom is -0.342 e. The maximum atomic E-state index is 13.0. The molecule has 0 saturated carbocycles. The SMILES string of the molecule is C=CCN(Cc1ccc(F)cc1)C(=O)Cc1ccc2nc(C)[nH]c2c1. The van der Waals surface area contributed by atoms with Crippen LogP contribution < -0.4 is 0 Å². The normalized spacial score (nSPS) is 10.8. The summed E-state index contributed by atoms with van der Waals surface area (Å²) in [7, 11) is 0. The number of aromatic nitrogens is 2. The lowest BCUT2D eigenvalue weighted by atomic mass is 10.1. The van der Waals surface area contributed by atoms with Gasteiger partial charge in [-0.05, 0) is 42.3 Å². The molecule has 0 saturated heterocycles. The van der Waals surface area contributed by atoms with Gasteiger partial charge in [-0.3, -0.25) is 4.79 Å². The second-order valence-electron chi connectivity index (χ2n) is 6.04. The summed E-state index contributed by atoms with van der Waals surface area (Å²) in [5.74, 6) is 0.566. The number of halogens is 1. The molecule has 1 amide bonds. The first kappa shape index (κ1) is 16.9. The quantitative estimate of drug-likeness (QED) is 0.696.